The molecular formula is C20H23NO5S. The minimum absolute atomic E-state index is 0.00709. The van der Waals surface area contributed by atoms with Crippen LogP contribution in [-0.4, -0.2) is 45.7 Å². The minimum Gasteiger partial charge on any atom is -0.478 e. The van der Waals surface area contributed by atoms with E-state index in [1.807, 2.05) is 11.4 Å². The fraction of sp³-hybridized carbons (Fsp3) is 0.400. The topological polar surface area (TPSA) is 87.1 Å². The van der Waals surface area contributed by atoms with E-state index in [0.29, 0.717) is 42.1 Å². The van der Waals surface area contributed by atoms with Crippen LogP contribution in [0.2, 0.25) is 0 Å². The van der Waals surface area contributed by atoms with Crippen molar-refractivity contribution >= 4 is 23.2 Å². The quantitative estimate of drug-likeness (QED) is 0.820. The first kappa shape index (κ1) is 19.4. The molecule has 0 saturated carbocycles. The average Bonchev–Trinajstić information content (AvgIpc) is 3.16. The van der Waals surface area contributed by atoms with Gasteiger partial charge >= 0.3 is 5.97 Å². The number of hydrogen-bond acceptors (Lipinski definition) is 5. The van der Waals surface area contributed by atoms with Crippen molar-refractivity contribution in [3.63, 3.8) is 0 Å². The first-order valence-electron chi connectivity index (χ1n) is 8.79. The normalized spacial score (nSPS) is 16.8. The molecule has 1 aromatic heterocycles. The Morgan fingerprint density at radius 3 is 2.48 bits per heavy atom. The van der Waals surface area contributed by atoms with Crippen LogP contribution in [0, 0.1) is 0 Å². The molecule has 0 spiro atoms. The fourth-order valence-corrected chi connectivity index (χ4v) is 3.80. The van der Waals surface area contributed by atoms with Gasteiger partial charge in [0.1, 0.15) is 5.75 Å². The summed E-state index contributed by atoms with van der Waals surface area (Å²) in [6, 6.07) is 10.6. The van der Waals surface area contributed by atoms with Crippen LogP contribution in [0.1, 0.15) is 41.9 Å². The van der Waals surface area contributed by atoms with Gasteiger partial charge in [-0.25, -0.2) is 4.79 Å². The second-order valence-electron chi connectivity index (χ2n) is 7.25. The second-order valence-corrected chi connectivity index (χ2v) is 8.19. The molecule has 0 unspecified atom stereocenters. The van der Waals surface area contributed by atoms with Crippen LogP contribution in [0.4, 0.5) is 0 Å². The molecule has 0 radical (unpaired) electrons. The Labute approximate surface area is 162 Å². The van der Waals surface area contributed by atoms with Crippen molar-refractivity contribution < 1.29 is 24.5 Å². The number of aliphatic carboxylic acids is 1. The molecule has 3 rings (SSSR count). The number of ether oxygens (including phenoxy) is 1. The molecule has 1 saturated heterocycles. The molecule has 0 atom stereocenters. The third-order valence-electron chi connectivity index (χ3n) is 4.87. The van der Waals surface area contributed by atoms with Crippen molar-refractivity contribution in [2.24, 2.45) is 0 Å². The number of hydrogen-bond donors (Lipinski definition) is 2. The van der Waals surface area contributed by atoms with Gasteiger partial charge in [0.2, 0.25) is 0 Å². The summed E-state index contributed by atoms with van der Waals surface area (Å²) in [5.74, 6) is -0.676. The Hall–Kier alpha value is -2.38. The highest BCUT2D eigenvalue weighted by Crippen LogP contribution is 2.35. The van der Waals surface area contributed by atoms with Crippen LogP contribution in [0.3, 0.4) is 0 Å². The Bertz CT molecular complexity index is 823. The molecule has 7 heteroatoms. The summed E-state index contributed by atoms with van der Waals surface area (Å²) in [4.78, 5) is 26.2. The number of carboxylic acid groups (broad SMARTS) is 1. The first-order chi connectivity index (χ1) is 12.7. The van der Waals surface area contributed by atoms with Gasteiger partial charge in [0.05, 0.1) is 10.5 Å². The number of aliphatic hydroxyl groups is 1. The van der Waals surface area contributed by atoms with Gasteiger partial charge in [-0.1, -0.05) is 18.2 Å². The lowest BCUT2D eigenvalue weighted by Gasteiger charge is -2.38. The molecule has 1 fully saturated rings. The molecule has 2 N–H and O–H groups in total. The van der Waals surface area contributed by atoms with Crippen molar-refractivity contribution in [3.8, 4) is 5.75 Å². The summed E-state index contributed by atoms with van der Waals surface area (Å²) in [6.07, 6.45) is 0.825. The number of benzene rings is 1. The van der Waals surface area contributed by atoms with Crippen LogP contribution in [-0.2, 0) is 10.4 Å². The number of likely N-dealkylation sites (tertiary alicyclic amines) is 1. The number of amides is 1. The first-order valence-corrected chi connectivity index (χ1v) is 9.67. The molecule has 6 nitrogen and oxygen atoms in total. The highest BCUT2D eigenvalue weighted by molar-refractivity contribution is 7.12. The standard InChI is InChI=1S/C20H23NO5S/c1-19(2,18(23)24)26-15-6-3-5-14(13-15)20(25)8-10-21(11-9-20)17(22)16-7-4-12-27-16/h3-7,12-13,25H,8-11H2,1-2H3,(H,23,24). The maximum absolute atomic E-state index is 12.5. The molecule has 2 aromatic rings. The summed E-state index contributed by atoms with van der Waals surface area (Å²) in [6.45, 7) is 3.87. The van der Waals surface area contributed by atoms with E-state index in [1.54, 1.807) is 35.2 Å². The SMILES string of the molecule is CC(C)(Oc1cccc(C2(O)CCN(C(=O)c3cccs3)CC2)c1)C(=O)O. The van der Waals surface area contributed by atoms with Gasteiger partial charge in [-0.3, -0.25) is 4.79 Å². The third kappa shape index (κ3) is 4.14. The van der Waals surface area contributed by atoms with Gasteiger partial charge in [0.25, 0.3) is 5.91 Å². The highest BCUT2D eigenvalue weighted by atomic mass is 32.1. The number of carboxylic acids is 1. The molecule has 27 heavy (non-hydrogen) atoms. The molecule has 0 bridgehead atoms. The Morgan fingerprint density at radius 2 is 1.89 bits per heavy atom. The van der Waals surface area contributed by atoms with Gasteiger partial charge in [-0.15, -0.1) is 11.3 Å². The van der Waals surface area contributed by atoms with Gasteiger partial charge in [-0.2, -0.15) is 0 Å². The Morgan fingerprint density at radius 1 is 1.19 bits per heavy atom. The monoisotopic (exact) mass is 389 g/mol. The molecular weight excluding hydrogens is 366 g/mol. The van der Waals surface area contributed by atoms with E-state index in [-0.39, 0.29) is 5.91 Å². The van der Waals surface area contributed by atoms with Crippen molar-refractivity contribution in [2.45, 2.75) is 37.9 Å². The highest BCUT2D eigenvalue weighted by Gasteiger charge is 2.36. The minimum atomic E-state index is -1.36. The Kier molecular flexibility index (Phi) is 5.26. The lowest BCUT2D eigenvalue weighted by atomic mass is 9.84. The molecule has 1 amide bonds. The summed E-state index contributed by atoms with van der Waals surface area (Å²) in [5, 5.41) is 22.2. The van der Waals surface area contributed by atoms with Gasteiger partial charge in [-0.05, 0) is 55.8 Å². The van der Waals surface area contributed by atoms with Crippen LogP contribution in [0.15, 0.2) is 41.8 Å². The number of thiophene rings is 1. The number of carbonyl (C=O) groups excluding carboxylic acids is 1. The van der Waals surface area contributed by atoms with Gasteiger partial charge in [0, 0.05) is 13.1 Å². The summed E-state index contributed by atoms with van der Waals surface area (Å²) >= 11 is 1.41. The number of rotatable bonds is 5. The van der Waals surface area contributed by atoms with E-state index in [2.05, 4.69) is 0 Å². The van der Waals surface area contributed by atoms with Crippen molar-refractivity contribution in [1.82, 2.24) is 4.90 Å². The van der Waals surface area contributed by atoms with Crippen LogP contribution in [0.25, 0.3) is 0 Å². The lowest BCUT2D eigenvalue weighted by Crippen LogP contribution is -2.45. The molecule has 2 heterocycles. The van der Waals surface area contributed by atoms with Crippen LogP contribution >= 0.6 is 11.3 Å². The van der Waals surface area contributed by atoms with Crippen LogP contribution < -0.4 is 4.74 Å². The number of carbonyl (C=O) groups is 2. The molecule has 144 valence electrons. The van der Waals surface area contributed by atoms with E-state index < -0.39 is 17.2 Å². The predicted molar refractivity (Wildman–Crippen MR) is 102 cm³/mol. The zero-order valence-corrected chi connectivity index (χ0v) is 16.2. The molecule has 1 aliphatic rings. The lowest BCUT2D eigenvalue weighted by molar-refractivity contribution is -0.152. The summed E-state index contributed by atoms with van der Waals surface area (Å²) in [7, 11) is 0. The van der Waals surface area contributed by atoms with E-state index in [4.69, 9.17) is 4.74 Å². The van der Waals surface area contributed by atoms with E-state index in [1.165, 1.54) is 25.2 Å². The van der Waals surface area contributed by atoms with Crippen molar-refractivity contribution in [3.05, 3.63) is 52.2 Å². The molecule has 0 aliphatic carbocycles. The molecule has 1 aliphatic heterocycles. The summed E-state index contributed by atoms with van der Waals surface area (Å²) < 4.78 is 5.57. The largest absolute Gasteiger partial charge is 0.478 e. The van der Waals surface area contributed by atoms with E-state index >= 15 is 0 Å². The fourth-order valence-electron chi connectivity index (χ4n) is 3.11. The third-order valence-corrected chi connectivity index (χ3v) is 5.73. The Balaban J connectivity index is 1.71. The zero-order chi connectivity index (χ0) is 19.7. The number of nitrogens with zero attached hydrogens (tertiary/aromatic N) is 1. The van der Waals surface area contributed by atoms with Crippen molar-refractivity contribution in [1.29, 1.82) is 0 Å². The van der Waals surface area contributed by atoms with Gasteiger partial charge in [0.15, 0.2) is 5.60 Å². The van der Waals surface area contributed by atoms with Gasteiger partial charge < -0.3 is 19.8 Å². The van der Waals surface area contributed by atoms with Crippen molar-refractivity contribution in [2.75, 3.05) is 13.1 Å². The maximum Gasteiger partial charge on any atom is 0.347 e. The van der Waals surface area contributed by atoms with E-state index in [9.17, 15) is 19.8 Å². The van der Waals surface area contributed by atoms with E-state index in [0.717, 1.165) is 0 Å². The number of piperidine rings is 1. The molecule has 1 aromatic carbocycles. The summed E-state index contributed by atoms with van der Waals surface area (Å²) in [5.41, 5.74) is -1.76. The predicted octanol–water partition coefficient (Wildman–Crippen LogP) is 3.11. The van der Waals surface area contributed by atoms with Crippen LogP contribution in [0.5, 0.6) is 5.75 Å². The smallest absolute Gasteiger partial charge is 0.347 e. The average molecular weight is 389 g/mol. The second kappa shape index (κ2) is 7.32. The maximum atomic E-state index is 12.5. The zero-order valence-electron chi connectivity index (χ0n) is 15.3.